The van der Waals surface area contributed by atoms with Crippen molar-refractivity contribution in [2.75, 3.05) is 0 Å². The predicted octanol–water partition coefficient (Wildman–Crippen LogP) is 2.98. The highest BCUT2D eigenvalue weighted by molar-refractivity contribution is 5.40. The topological polar surface area (TPSA) is 29.5 Å². The van der Waals surface area contributed by atoms with Crippen molar-refractivity contribution in [2.24, 2.45) is 5.92 Å². The van der Waals surface area contributed by atoms with E-state index in [0.717, 1.165) is 17.7 Å². The standard InChI is InChI=1S/C14H18O2/c1-9-5-6-13-11(7-9)12(15)8-14(16-13)10-3-2-4-10/h5-7,10,12,14-15H,2-4,8H2,1H3/t12-,14?/m0/s1. The number of aliphatic hydroxyl groups excluding tert-OH is 1. The second-order valence-corrected chi connectivity index (χ2v) is 5.14. The van der Waals surface area contributed by atoms with Gasteiger partial charge >= 0.3 is 0 Å². The minimum absolute atomic E-state index is 0.235. The summed E-state index contributed by atoms with van der Waals surface area (Å²) < 4.78 is 6.00. The Morgan fingerprint density at radius 1 is 1.31 bits per heavy atom. The molecule has 1 fully saturated rings. The SMILES string of the molecule is Cc1ccc2c(c1)[C@@H](O)CC(C1CCC1)O2. The van der Waals surface area contributed by atoms with Crippen LogP contribution in [0.5, 0.6) is 5.75 Å². The summed E-state index contributed by atoms with van der Waals surface area (Å²) in [7, 11) is 0. The summed E-state index contributed by atoms with van der Waals surface area (Å²) in [6.45, 7) is 2.05. The summed E-state index contributed by atoms with van der Waals surface area (Å²) in [5.41, 5.74) is 2.15. The smallest absolute Gasteiger partial charge is 0.125 e. The second kappa shape index (κ2) is 3.77. The van der Waals surface area contributed by atoms with E-state index in [-0.39, 0.29) is 12.2 Å². The van der Waals surface area contributed by atoms with E-state index in [0.29, 0.717) is 5.92 Å². The highest BCUT2D eigenvalue weighted by atomic mass is 16.5. The minimum atomic E-state index is -0.339. The predicted molar refractivity (Wildman–Crippen MR) is 62.5 cm³/mol. The fourth-order valence-corrected chi connectivity index (χ4v) is 2.69. The quantitative estimate of drug-likeness (QED) is 0.785. The molecule has 2 atom stereocenters. The van der Waals surface area contributed by atoms with Crippen molar-refractivity contribution >= 4 is 0 Å². The molecule has 2 heteroatoms. The molecular formula is C14H18O2. The molecule has 0 aromatic heterocycles. The maximum absolute atomic E-state index is 10.1. The van der Waals surface area contributed by atoms with E-state index in [9.17, 15) is 5.11 Å². The lowest BCUT2D eigenvalue weighted by molar-refractivity contribution is 0.0105. The van der Waals surface area contributed by atoms with Gasteiger partial charge in [0, 0.05) is 12.0 Å². The number of hydrogen-bond acceptors (Lipinski definition) is 2. The van der Waals surface area contributed by atoms with Crippen LogP contribution >= 0.6 is 0 Å². The molecule has 16 heavy (non-hydrogen) atoms. The molecular weight excluding hydrogens is 200 g/mol. The van der Waals surface area contributed by atoms with Gasteiger partial charge in [0.15, 0.2) is 0 Å². The Labute approximate surface area is 96.2 Å². The van der Waals surface area contributed by atoms with Gasteiger partial charge in [-0.1, -0.05) is 18.1 Å². The molecule has 0 radical (unpaired) electrons. The number of hydrogen-bond donors (Lipinski definition) is 1. The Bertz CT molecular complexity index is 396. The molecule has 1 aliphatic carbocycles. The average Bonchev–Trinajstić information content (AvgIpc) is 2.17. The molecule has 1 aromatic rings. The monoisotopic (exact) mass is 218 g/mol. The molecule has 0 spiro atoms. The Balaban J connectivity index is 1.87. The van der Waals surface area contributed by atoms with Gasteiger partial charge in [-0.3, -0.25) is 0 Å². The van der Waals surface area contributed by atoms with Crippen molar-refractivity contribution in [3.8, 4) is 5.75 Å². The van der Waals surface area contributed by atoms with Crippen LogP contribution in [-0.2, 0) is 0 Å². The third kappa shape index (κ3) is 1.61. The molecule has 0 amide bonds. The van der Waals surface area contributed by atoms with E-state index in [4.69, 9.17) is 4.74 Å². The molecule has 1 aliphatic heterocycles. The molecule has 86 valence electrons. The summed E-state index contributed by atoms with van der Waals surface area (Å²) >= 11 is 0. The Morgan fingerprint density at radius 2 is 2.12 bits per heavy atom. The molecule has 1 N–H and O–H groups in total. The van der Waals surface area contributed by atoms with Crippen LogP contribution in [-0.4, -0.2) is 11.2 Å². The Morgan fingerprint density at radius 3 is 2.81 bits per heavy atom. The number of fused-ring (bicyclic) bond motifs is 1. The first-order valence-corrected chi connectivity index (χ1v) is 6.19. The van der Waals surface area contributed by atoms with Crippen LogP contribution in [0.2, 0.25) is 0 Å². The van der Waals surface area contributed by atoms with Crippen LogP contribution in [0.3, 0.4) is 0 Å². The number of ether oxygens (including phenoxy) is 1. The summed E-state index contributed by atoms with van der Waals surface area (Å²) in [6.07, 6.45) is 4.51. The number of benzene rings is 1. The summed E-state index contributed by atoms with van der Waals surface area (Å²) in [4.78, 5) is 0. The number of aryl methyl sites for hydroxylation is 1. The Kier molecular flexibility index (Phi) is 2.40. The molecule has 1 aromatic carbocycles. The fraction of sp³-hybridized carbons (Fsp3) is 0.571. The summed E-state index contributed by atoms with van der Waals surface area (Å²) in [5.74, 6) is 1.56. The van der Waals surface area contributed by atoms with E-state index in [1.165, 1.54) is 24.8 Å². The molecule has 0 saturated heterocycles. The highest BCUT2D eigenvalue weighted by Gasteiger charge is 2.35. The largest absolute Gasteiger partial charge is 0.490 e. The minimum Gasteiger partial charge on any atom is -0.490 e. The van der Waals surface area contributed by atoms with Gasteiger partial charge < -0.3 is 9.84 Å². The number of aliphatic hydroxyl groups is 1. The van der Waals surface area contributed by atoms with Crippen LogP contribution in [0, 0.1) is 12.8 Å². The van der Waals surface area contributed by atoms with Crippen LogP contribution in [0.1, 0.15) is 42.9 Å². The first-order chi connectivity index (χ1) is 7.74. The van der Waals surface area contributed by atoms with Crippen LogP contribution in [0.25, 0.3) is 0 Å². The van der Waals surface area contributed by atoms with Crippen molar-refractivity contribution in [1.29, 1.82) is 0 Å². The van der Waals surface area contributed by atoms with Gasteiger partial charge in [0.2, 0.25) is 0 Å². The molecule has 2 nitrogen and oxygen atoms in total. The first kappa shape index (κ1) is 10.2. The molecule has 1 saturated carbocycles. The zero-order valence-electron chi connectivity index (χ0n) is 9.65. The van der Waals surface area contributed by atoms with E-state index in [1.54, 1.807) is 0 Å². The van der Waals surface area contributed by atoms with Gasteiger partial charge in [-0.05, 0) is 37.8 Å². The van der Waals surface area contributed by atoms with Gasteiger partial charge in [-0.25, -0.2) is 0 Å². The maximum atomic E-state index is 10.1. The van der Waals surface area contributed by atoms with E-state index in [1.807, 2.05) is 19.1 Å². The Hall–Kier alpha value is -1.02. The summed E-state index contributed by atoms with van der Waals surface area (Å²) in [5, 5.41) is 10.1. The second-order valence-electron chi connectivity index (χ2n) is 5.14. The van der Waals surface area contributed by atoms with Crippen LogP contribution in [0.4, 0.5) is 0 Å². The van der Waals surface area contributed by atoms with E-state index >= 15 is 0 Å². The van der Waals surface area contributed by atoms with Crippen LogP contribution < -0.4 is 4.74 Å². The molecule has 3 rings (SSSR count). The molecule has 2 aliphatic rings. The first-order valence-electron chi connectivity index (χ1n) is 6.19. The normalized spacial score (nSPS) is 29.1. The molecule has 1 unspecified atom stereocenters. The molecule has 1 heterocycles. The average molecular weight is 218 g/mol. The zero-order chi connectivity index (χ0) is 11.1. The van der Waals surface area contributed by atoms with Crippen molar-refractivity contribution in [3.05, 3.63) is 29.3 Å². The lowest BCUT2D eigenvalue weighted by atomic mass is 9.78. The van der Waals surface area contributed by atoms with E-state index < -0.39 is 0 Å². The zero-order valence-corrected chi connectivity index (χ0v) is 9.65. The van der Waals surface area contributed by atoms with Gasteiger partial charge in [0.05, 0.1) is 6.10 Å². The van der Waals surface area contributed by atoms with Crippen molar-refractivity contribution < 1.29 is 9.84 Å². The highest BCUT2D eigenvalue weighted by Crippen LogP contribution is 2.42. The number of rotatable bonds is 1. The van der Waals surface area contributed by atoms with Crippen LogP contribution in [0.15, 0.2) is 18.2 Å². The lowest BCUT2D eigenvalue weighted by Gasteiger charge is -2.38. The van der Waals surface area contributed by atoms with Crippen molar-refractivity contribution in [2.45, 2.75) is 44.8 Å². The fourth-order valence-electron chi connectivity index (χ4n) is 2.69. The third-order valence-electron chi connectivity index (χ3n) is 3.93. The van der Waals surface area contributed by atoms with Gasteiger partial charge in [0.1, 0.15) is 11.9 Å². The van der Waals surface area contributed by atoms with Gasteiger partial charge in [-0.15, -0.1) is 0 Å². The lowest BCUT2D eigenvalue weighted by Crippen LogP contribution is -2.36. The van der Waals surface area contributed by atoms with Gasteiger partial charge in [0.25, 0.3) is 0 Å². The molecule has 0 bridgehead atoms. The van der Waals surface area contributed by atoms with Crippen molar-refractivity contribution in [3.63, 3.8) is 0 Å². The van der Waals surface area contributed by atoms with Gasteiger partial charge in [-0.2, -0.15) is 0 Å². The van der Waals surface area contributed by atoms with Crippen molar-refractivity contribution in [1.82, 2.24) is 0 Å². The van der Waals surface area contributed by atoms with E-state index in [2.05, 4.69) is 6.07 Å². The third-order valence-corrected chi connectivity index (χ3v) is 3.93. The summed E-state index contributed by atoms with van der Waals surface area (Å²) in [6, 6.07) is 6.09. The maximum Gasteiger partial charge on any atom is 0.125 e.